The molecule has 1 aromatic carbocycles. The normalized spacial score (nSPS) is 19.8. The second kappa shape index (κ2) is 5.99. The summed E-state index contributed by atoms with van der Waals surface area (Å²) in [5.74, 6) is -0.978. The van der Waals surface area contributed by atoms with Crippen LogP contribution in [0, 0.1) is 5.82 Å². The third-order valence-electron chi connectivity index (χ3n) is 3.30. The quantitative estimate of drug-likeness (QED) is 0.753. The first-order valence-corrected chi connectivity index (χ1v) is 9.80. The molecule has 2 rings (SSSR count). The molecule has 1 atom stereocenters. The molecule has 9 heteroatoms. The molecule has 6 nitrogen and oxygen atoms in total. The van der Waals surface area contributed by atoms with E-state index in [0.29, 0.717) is 0 Å². The summed E-state index contributed by atoms with van der Waals surface area (Å²) in [5, 5.41) is 3.11. The van der Waals surface area contributed by atoms with Crippen molar-refractivity contribution in [3.05, 3.63) is 24.0 Å². The molecule has 0 amide bonds. The fraction of sp³-hybridized carbons (Fsp3) is 0.500. The topological polar surface area (TPSA) is 92.3 Å². The van der Waals surface area contributed by atoms with Crippen LogP contribution < -0.4 is 10.0 Å². The zero-order valence-electron chi connectivity index (χ0n) is 11.5. The Balaban J connectivity index is 2.26. The van der Waals surface area contributed by atoms with Crippen LogP contribution in [-0.4, -0.2) is 42.2 Å². The van der Waals surface area contributed by atoms with Crippen LogP contribution in [0.15, 0.2) is 28.0 Å². The molecule has 1 saturated heterocycles. The molecule has 1 heterocycles. The van der Waals surface area contributed by atoms with Gasteiger partial charge in [-0.1, -0.05) is 0 Å². The van der Waals surface area contributed by atoms with E-state index < -0.39 is 30.6 Å². The van der Waals surface area contributed by atoms with Gasteiger partial charge < -0.3 is 5.32 Å². The lowest BCUT2D eigenvalue weighted by atomic mass is 10.2. The second-order valence-corrected chi connectivity index (χ2v) is 8.76. The van der Waals surface area contributed by atoms with Crippen LogP contribution in [0.4, 0.5) is 4.39 Å². The maximum absolute atomic E-state index is 13.7. The molecule has 1 fully saturated rings. The highest BCUT2D eigenvalue weighted by molar-refractivity contribution is 7.91. The number of nitrogens with one attached hydrogen (secondary N) is 2. The standard InChI is InChI=1S/C12H17FN2O4S2/c1-20(16,17)10-4-5-11(13)12(7-10)21(18,19)15-8-9-3-2-6-14-9/h4-5,7,9,14-15H,2-3,6,8H2,1H3. The van der Waals surface area contributed by atoms with E-state index in [1.165, 1.54) is 0 Å². The van der Waals surface area contributed by atoms with E-state index in [4.69, 9.17) is 0 Å². The third-order valence-corrected chi connectivity index (χ3v) is 5.85. The van der Waals surface area contributed by atoms with Gasteiger partial charge in [-0.15, -0.1) is 0 Å². The van der Waals surface area contributed by atoms with Gasteiger partial charge in [0.25, 0.3) is 0 Å². The first-order valence-electron chi connectivity index (χ1n) is 6.43. The Bertz CT molecular complexity index is 726. The summed E-state index contributed by atoms with van der Waals surface area (Å²) in [6.45, 7) is 0.967. The van der Waals surface area contributed by atoms with E-state index in [1.807, 2.05) is 0 Å². The first-order chi connectivity index (χ1) is 9.70. The summed E-state index contributed by atoms with van der Waals surface area (Å²) in [6.07, 6.45) is 2.74. The number of halogens is 1. The van der Waals surface area contributed by atoms with Gasteiger partial charge in [0.2, 0.25) is 10.0 Å². The van der Waals surface area contributed by atoms with Crippen LogP contribution in [0.1, 0.15) is 12.8 Å². The largest absolute Gasteiger partial charge is 0.313 e. The molecular formula is C12H17FN2O4S2. The summed E-state index contributed by atoms with van der Waals surface area (Å²) in [6, 6.07) is 2.75. The van der Waals surface area contributed by atoms with E-state index in [9.17, 15) is 21.2 Å². The predicted octanol–water partition coefficient (Wildman–Crippen LogP) is 0.259. The minimum absolute atomic E-state index is 0.0147. The van der Waals surface area contributed by atoms with Gasteiger partial charge in [-0.3, -0.25) is 0 Å². The monoisotopic (exact) mass is 336 g/mol. The smallest absolute Gasteiger partial charge is 0.243 e. The van der Waals surface area contributed by atoms with Gasteiger partial charge in [-0.05, 0) is 37.6 Å². The fourth-order valence-electron chi connectivity index (χ4n) is 2.14. The van der Waals surface area contributed by atoms with Crippen LogP contribution >= 0.6 is 0 Å². The van der Waals surface area contributed by atoms with Crippen molar-refractivity contribution in [2.45, 2.75) is 28.7 Å². The van der Waals surface area contributed by atoms with Crippen molar-refractivity contribution >= 4 is 19.9 Å². The van der Waals surface area contributed by atoms with Gasteiger partial charge in [-0.25, -0.2) is 25.9 Å². The molecule has 0 saturated carbocycles. The summed E-state index contributed by atoms with van der Waals surface area (Å²) >= 11 is 0. The van der Waals surface area contributed by atoms with Crippen molar-refractivity contribution in [2.75, 3.05) is 19.3 Å². The molecule has 1 aliphatic rings. The number of hydrogen-bond donors (Lipinski definition) is 2. The molecule has 0 aliphatic carbocycles. The molecule has 118 valence electrons. The van der Waals surface area contributed by atoms with Gasteiger partial charge in [0.05, 0.1) is 4.90 Å². The number of hydrogen-bond acceptors (Lipinski definition) is 5. The number of rotatable bonds is 5. The molecule has 0 radical (unpaired) electrons. The third kappa shape index (κ3) is 4.00. The average molecular weight is 336 g/mol. The van der Waals surface area contributed by atoms with E-state index in [2.05, 4.69) is 10.0 Å². The SMILES string of the molecule is CS(=O)(=O)c1ccc(F)c(S(=O)(=O)NCC2CCCN2)c1. The minimum atomic E-state index is -4.09. The zero-order valence-corrected chi connectivity index (χ0v) is 13.1. The highest BCUT2D eigenvalue weighted by Crippen LogP contribution is 2.19. The van der Waals surface area contributed by atoms with Gasteiger partial charge in [0.1, 0.15) is 10.7 Å². The van der Waals surface area contributed by atoms with E-state index in [-0.39, 0.29) is 17.5 Å². The van der Waals surface area contributed by atoms with Gasteiger partial charge in [0, 0.05) is 18.8 Å². The van der Waals surface area contributed by atoms with Crippen LogP contribution in [0.25, 0.3) is 0 Å². The Labute approximate surface area is 123 Å². The van der Waals surface area contributed by atoms with Crippen LogP contribution in [0.5, 0.6) is 0 Å². The first kappa shape index (κ1) is 16.3. The maximum Gasteiger partial charge on any atom is 0.243 e. The van der Waals surface area contributed by atoms with Crippen LogP contribution in [-0.2, 0) is 19.9 Å². The average Bonchev–Trinajstić information content (AvgIpc) is 2.88. The second-order valence-electron chi connectivity index (χ2n) is 5.01. The fourth-order valence-corrected chi connectivity index (χ4v) is 4.04. The Hall–Kier alpha value is -1.03. The summed E-state index contributed by atoms with van der Waals surface area (Å²) in [7, 11) is -7.69. The molecule has 2 N–H and O–H groups in total. The molecule has 1 aliphatic heterocycles. The van der Waals surface area contributed by atoms with Gasteiger partial charge >= 0.3 is 0 Å². The highest BCUT2D eigenvalue weighted by Gasteiger charge is 2.23. The Morgan fingerprint density at radius 1 is 1.33 bits per heavy atom. The molecule has 21 heavy (non-hydrogen) atoms. The summed E-state index contributed by atoms with van der Waals surface area (Å²) in [5.41, 5.74) is 0. The van der Waals surface area contributed by atoms with Crippen molar-refractivity contribution in [1.29, 1.82) is 0 Å². The number of sulfone groups is 1. The van der Waals surface area contributed by atoms with Crippen molar-refractivity contribution < 1.29 is 21.2 Å². The van der Waals surface area contributed by atoms with E-state index in [0.717, 1.165) is 43.8 Å². The lowest BCUT2D eigenvalue weighted by Gasteiger charge is -2.13. The van der Waals surface area contributed by atoms with Crippen molar-refractivity contribution in [3.63, 3.8) is 0 Å². The number of sulfonamides is 1. The summed E-state index contributed by atoms with van der Waals surface area (Å²) in [4.78, 5) is -0.883. The minimum Gasteiger partial charge on any atom is -0.313 e. The van der Waals surface area contributed by atoms with Crippen molar-refractivity contribution in [2.24, 2.45) is 0 Å². The van der Waals surface area contributed by atoms with Crippen LogP contribution in [0.2, 0.25) is 0 Å². The number of benzene rings is 1. The lowest BCUT2D eigenvalue weighted by molar-refractivity contribution is 0.538. The lowest BCUT2D eigenvalue weighted by Crippen LogP contribution is -2.37. The molecule has 1 aromatic rings. The van der Waals surface area contributed by atoms with Crippen molar-refractivity contribution in [3.8, 4) is 0 Å². The Morgan fingerprint density at radius 3 is 2.62 bits per heavy atom. The zero-order chi connectivity index (χ0) is 15.7. The van der Waals surface area contributed by atoms with E-state index >= 15 is 0 Å². The molecule has 0 aromatic heterocycles. The van der Waals surface area contributed by atoms with Gasteiger partial charge in [-0.2, -0.15) is 0 Å². The molecule has 0 spiro atoms. The molecular weight excluding hydrogens is 319 g/mol. The molecule has 1 unspecified atom stereocenters. The van der Waals surface area contributed by atoms with Crippen molar-refractivity contribution in [1.82, 2.24) is 10.0 Å². The predicted molar refractivity (Wildman–Crippen MR) is 75.7 cm³/mol. The van der Waals surface area contributed by atoms with E-state index in [1.54, 1.807) is 0 Å². The Kier molecular flexibility index (Phi) is 4.66. The Morgan fingerprint density at radius 2 is 2.05 bits per heavy atom. The highest BCUT2D eigenvalue weighted by atomic mass is 32.2. The summed E-state index contributed by atoms with van der Waals surface area (Å²) < 4.78 is 63.2. The van der Waals surface area contributed by atoms with Gasteiger partial charge in [0.15, 0.2) is 9.84 Å². The maximum atomic E-state index is 13.7. The molecule has 0 bridgehead atoms. The van der Waals surface area contributed by atoms with Crippen LogP contribution in [0.3, 0.4) is 0 Å².